The Bertz CT molecular complexity index is 2400. The summed E-state index contributed by atoms with van der Waals surface area (Å²) in [6.07, 6.45) is 0.776. The second kappa shape index (κ2) is 11.5. The van der Waals surface area contributed by atoms with Crippen molar-refractivity contribution in [3.8, 4) is 17.3 Å². The standard InChI is InChI=1S/C36H29ClFN9O2/c1-17-11-29-30(13-20(17)14-39)44-33(43-29)35(48)46-10-9-27-23(19(46)3)12-21(15-40-27)26-8-7-22-18(2)47(16-25(38)31(22)41-26)36(49)34-42-28-6-4-5-24(37)32(28)45-34/h4-8,11-13,15,18-19,25H,9-10,16H2,1-3H3,(H,42,45)(H,43,44)/t18?,19-,25?/m1/s1. The number of hydrogen-bond donors (Lipinski definition) is 2. The summed E-state index contributed by atoms with van der Waals surface area (Å²) in [4.78, 5) is 54.9. The number of para-hydroxylation sites is 1. The highest BCUT2D eigenvalue weighted by molar-refractivity contribution is 6.35. The topological polar surface area (TPSA) is 148 Å². The number of nitrogens with one attached hydrogen (secondary N) is 2. The number of rotatable bonds is 3. The van der Waals surface area contributed by atoms with Gasteiger partial charge in [0.1, 0.15) is 5.52 Å². The fourth-order valence-electron chi connectivity index (χ4n) is 6.94. The van der Waals surface area contributed by atoms with E-state index < -0.39 is 18.1 Å². The second-order valence-electron chi connectivity index (χ2n) is 12.6. The summed E-state index contributed by atoms with van der Waals surface area (Å²) in [6, 6.07) is 15.7. The van der Waals surface area contributed by atoms with Gasteiger partial charge in [-0.3, -0.25) is 14.6 Å². The van der Waals surface area contributed by atoms with Crippen LogP contribution in [0.4, 0.5) is 4.39 Å². The van der Waals surface area contributed by atoms with Crippen LogP contribution in [0.1, 0.15) is 87.0 Å². The van der Waals surface area contributed by atoms with E-state index in [4.69, 9.17) is 21.6 Å². The van der Waals surface area contributed by atoms with Crippen LogP contribution in [-0.4, -0.2) is 64.6 Å². The highest BCUT2D eigenvalue weighted by atomic mass is 35.5. The number of benzene rings is 2. The van der Waals surface area contributed by atoms with Gasteiger partial charge in [-0.2, -0.15) is 5.26 Å². The lowest BCUT2D eigenvalue weighted by Gasteiger charge is -2.36. The van der Waals surface area contributed by atoms with Crippen LogP contribution in [0.25, 0.3) is 33.3 Å². The summed E-state index contributed by atoms with van der Waals surface area (Å²) in [7, 11) is 0. The van der Waals surface area contributed by atoms with Gasteiger partial charge in [-0.25, -0.2) is 19.3 Å². The minimum atomic E-state index is -1.52. The molecular formula is C36H29ClFN9O2. The molecule has 8 rings (SSSR count). The molecule has 13 heteroatoms. The van der Waals surface area contributed by atoms with Crippen molar-refractivity contribution in [1.82, 2.24) is 39.7 Å². The van der Waals surface area contributed by atoms with Crippen molar-refractivity contribution < 1.29 is 14.0 Å². The normalized spacial score (nSPS) is 18.7. The number of imidazole rings is 2. The summed E-state index contributed by atoms with van der Waals surface area (Å²) in [5, 5.41) is 9.82. The molecule has 0 bridgehead atoms. The van der Waals surface area contributed by atoms with Crippen LogP contribution in [0, 0.1) is 18.3 Å². The molecule has 2 aliphatic rings. The molecule has 4 aromatic heterocycles. The van der Waals surface area contributed by atoms with E-state index in [0.717, 1.165) is 16.8 Å². The molecule has 2 amide bonds. The Balaban J connectivity index is 1.05. The first-order chi connectivity index (χ1) is 23.6. The minimum absolute atomic E-state index is 0.0977. The van der Waals surface area contributed by atoms with Crippen LogP contribution in [0.5, 0.6) is 0 Å². The van der Waals surface area contributed by atoms with Crippen molar-refractivity contribution in [2.75, 3.05) is 13.1 Å². The molecule has 0 radical (unpaired) electrons. The van der Waals surface area contributed by atoms with Crippen molar-refractivity contribution in [2.45, 2.75) is 45.4 Å². The summed E-state index contributed by atoms with van der Waals surface area (Å²) >= 11 is 6.26. The number of H-pyrrole nitrogens is 2. The maximum Gasteiger partial charge on any atom is 0.290 e. The number of alkyl halides is 1. The van der Waals surface area contributed by atoms with E-state index in [1.165, 1.54) is 4.90 Å². The van der Waals surface area contributed by atoms with E-state index in [1.807, 2.05) is 45.0 Å². The predicted octanol–water partition coefficient (Wildman–Crippen LogP) is 6.72. The maximum atomic E-state index is 15.8. The van der Waals surface area contributed by atoms with Gasteiger partial charge in [-0.05, 0) is 73.9 Å². The highest BCUT2D eigenvalue weighted by Crippen LogP contribution is 2.39. The molecule has 0 saturated heterocycles. The Hall–Kier alpha value is -5.67. The van der Waals surface area contributed by atoms with E-state index >= 15 is 4.39 Å². The molecule has 6 aromatic rings. The fraction of sp³-hybridized carbons (Fsp3) is 0.250. The lowest BCUT2D eigenvalue weighted by atomic mass is 9.93. The number of nitriles is 1. The molecule has 2 aromatic carbocycles. The van der Waals surface area contributed by atoms with Gasteiger partial charge < -0.3 is 19.8 Å². The van der Waals surface area contributed by atoms with E-state index in [-0.39, 0.29) is 35.8 Å². The molecule has 244 valence electrons. The van der Waals surface area contributed by atoms with Gasteiger partial charge in [0.25, 0.3) is 11.8 Å². The molecule has 0 fully saturated rings. The average Bonchev–Trinajstić information content (AvgIpc) is 3.74. The Morgan fingerprint density at radius 2 is 1.71 bits per heavy atom. The molecule has 49 heavy (non-hydrogen) atoms. The van der Waals surface area contributed by atoms with Crippen molar-refractivity contribution in [3.05, 3.63) is 105 Å². The van der Waals surface area contributed by atoms with Crippen LogP contribution < -0.4 is 0 Å². The van der Waals surface area contributed by atoms with Crippen molar-refractivity contribution >= 4 is 45.5 Å². The van der Waals surface area contributed by atoms with E-state index in [1.54, 1.807) is 35.4 Å². The number of aromatic amines is 2. The second-order valence-corrected chi connectivity index (χ2v) is 13.0. The van der Waals surface area contributed by atoms with Crippen molar-refractivity contribution in [2.24, 2.45) is 0 Å². The monoisotopic (exact) mass is 673 g/mol. The Kier molecular flexibility index (Phi) is 7.19. The van der Waals surface area contributed by atoms with Gasteiger partial charge in [0, 0.05) is 30.4 Å². The summed E-state index contributed by atoms with van der Waals surface area (Å²) < 4.78 is 15.8. The molecule has 0 spiro atoms. The number of carbonyl (C=O) groups excluding carboxylic acids is 2. The van der Waals surface area contributed by atoms with Crippen LogP contribution in [0.3, 0.4) is 0 Å². The van der Waals surface area contributed by atoms with Crippen LogP contribution >= 0.6 is 11.6 Å². The summed E-state index contributed by atoms with van der Waals surface area (Å²) in [5.74, 6) is -0.365. The number of halogens is 2. The van der Waals surface area contributed by atoms with Gasteiger partial charge in [0.2, 0.25) is 0 Å². The Labute approximate surface area is 284 Å². The summed E-state index contributed by atoms with van der Waals surface area (Å²) in [5.41, 5.74) is 7.60. The third kappa shape index (κ3) is 5.00. The number of amides is 2. The lowest BCUT2D eigenvalue weighted by Crippen LogP contribution is -2.41. The molecule has 2 N–H and O–H groups in total. The van der Waals surface area contributed by atoms with Crippen LogP contribution in [-0.2, 0) is 6.42 Å². The summed E-state index contributed by atoms with van der Waals surface area (Å²) in [6.45, 7) is 5.93. The molecule has 0 saturated carbocycles. The molecule has 2 unspecified atom stereocenters. The van der Waals surface area contributed by atoms with Gasteiger partial charge in [0.05, 0.1) is 63.2 Å². The fourth-order valence-corrected chi connectivity index (χ4v) is 7.15. The first-order valence-corrected chi connectivity index (χ1v) is 16.3. The molecule has 0 aliphatic carbocycles. The van der Waals surface area contributed by atoms with E-state index in [9.17, 15) is 14.9 Å². The number of aromatic nitrogens is 6. The molecule has 6 heterocycles. The number of nitrogens with zero attached hydrogens (tertiary/aromatic N) is 7. The number of pyridine rings is 2. The first-order valence-electron chi connectivity index (χ1n) is 15.9. The zero-order valence-corrected chi connectivity index (χ0v) is 27.5. The van der Waals surface area contributed by atoms with Crippen LogP contribution in [0.2, 0.25) is 5.02 Å². The predicted molar refractivity (Wildman–Crippen MR) is 181 cm³/mol. The first kappa shape index (κ1) is 30.7. The van der Waals surface area contributed by atoms with Crippen LogP contribution in [0.15, 0.2) is 54.7 Å². The van der Waals surface area contributed by atoms with Gasteiger partial charge >= 0.3 is 0 Å². The van der Waals surface area contributed by atoms with E-state index in [2.05, 4.69) is 26.0 Å². The SMILES string of the molecule is Cc1cc2[nH]c(C(=O)N3CCc4ncc(-c5ccc6c(n5)C(F)CN(C(=O)c5nc7c(Cl)cccc7[nH]5)C6C)cc4[C@H]3C)nc2cc1C#N. The zero-order chi connectivity index (χ0) is 34.1. The van der Waals surface area contributed by atoms with Gasteiger partial charge in [0.15, 0.2) is 17.8 Å². The van der Waals surface area contributed by atoms with Crippen molar-refractivity contribution in [3.63, 3.8) is 0 Å². The van der Waals surface area contributed by atoms with E-state index in [0.29, 0.717) is 62.4 Å². The maximum absolute atomic E-state index is 15.8. The number of fused-ring (bicyclic) bond motifs is 4. The Morgan fingerprint density at radius 3 is 2.51 bits per heavy atom. The zero-order valence-electron chi connectivity index (χ0n) is 26.8. The van der Waals surface area contributed by atoms with Gasteiger partial charge in [-0.15, -0.1) is 0 Å². The highest BCUT2D eigenvalue weighted by Gasteiger charge is 2.37. The number of hydrogen-bond acceptors (Lipinski definition) is 7. The van der Waals surface area contributed by atoms with Gasteiger partial charge in [-0.1, -0.05) is 23.7 Å². The number of carbonyl (C=O) groups is 2. The largest absolute Gasteiger partial charge is 0.334 e. The third-order valence-corrected chi connectivity index (χ3v) is 9.98. The quantitative estimate of drug-likeness (QED) is 0.212. The molecular weight excluding hydrogens is 645 g/mol. The molecule has 3 atom stereocenters. The minimum Gasteiger partial charge on any atom is -0.334 e. The average molecular weight is 674 g/mol. The van der Waals surface area contributed by atoms with Crippen molar-refractivity contribution in [1.29, 1.82) is 5.26 Å². The number of aryl methyl sites for hydroxylation is 1. The lowest BCUT2D eigenvalue weighted by molar-refractivity contribution is 0.0574. The molecule has 11 nitrogen and oxygen atoms in total. The third-order valence-electron chi connectivity index (χ3n) is 9.67. The molecule has 2 aliphatic heterocycles. The smallest absolute Gasteiger partial charge is 0.290 e. The Morgan fingerprint density at radius 1 is 0.959 bits per heavy atom.